The number of pyridine rings is 1. The van der Waals surface area contributed by atoms with Crippen molar-refractivity contribution < 1.29 is 0 Å². The molecule has 63 heavy (non-hydrogen) atoms. The van der Waals surface area contributed by atoms with Crippen LogP contribution in [0, 0.1) is 0 Å². The van der Waals surface area contributed by atoms with Gasteiger partial charge in [0.2, 0.25) is 0 Å². The molecule has 0 aliphatic rings. The summed E-state index contributed by atoms with van der Waals surface area (Å²) in [5.41, 5.74) is 16.0. The number of fused-ring (bicyclic) bond motifs is 6. The number of aromatic nitrogens is 4. The quantitative estimate of drug-likeness (QED) is 0.151. The van der Waals surface area contributed by atoms with Crippen LogP contribution in [0.3, 0.4) is 0 Å². The molecule has 0 unspecified atom stereocenters. The Morgan fingerprint density at radius 3 is 1.46 bits per heavy atom. The van der Waals surface area contributed by atoms with Crippen LogP contribution in [0.25, 0.3) is 117 Å². The largest absolute Gasteiger partial charge is 0.309 e. The first-order valence-electron chi connectivity index (χ1n) is 21.3. The topological polar surface area (TPSA) is 43.6 Å². The van der Waals surface area contributed by atoms with Crippen molar-refractivity contribution in [1.82, 2.24) is 19.5 Å². The van der Waals surface area contributed by atoms with E-state index in [0.717, 1.165) is 94.6 Å². The zero-order chi connectivity index (χ0) is 41.7. The summed E-state index contributed by atoms with van der Waals surface area (Å²) in [6.07, 6.45) is 0. The van der Waals surface area contributed by atoms with Gasteiger partial charge in [-0.25, -0.2) is 15.0 Å². The van der Waals surface area contributed by atoms with E-state index < -0.39 is 0 Å². The number of benzene rings is 9. The molecule has 0 fully saturated rings. The number of rotatable bonds is 7. The summed E-state index contributed by atoms with van der Waals surface area (Å²) >= 11 is 0. The van der Waals surface area contributed by atoms with E-state index in [9.17, 15) is 0 Å². The van der Waals surface area contributed by atoms with E-state index in [2.05, 4.69) is 199 Å². The number of hydrogen-bond donors (Lipinski definition) is 0. The first-order chi connectivity index (χ1) is 31.2. The lowest BCUT2D eigenvalue weighted by Crippen LogP contribution is -1.96. The minimum Gasteiger partial charge on any atom is -0.309 e. The first-order valence-corrected chi connectivity index (χ1v) is 21.3. The molecule has 4 heteroatoms. The third kappa shape index (κ3) is 6.53. The summed E-state index contributed by atoms with van der Waals surface area (Å²) in [5.74, 6) is 0.699. The minimum absolute atomic E-state index is 0.699. The van der Waals surface area contributed by atoms with E-state index in [1.165, 1.54) is 16.2 Å². The van der Waals surface area contributed by atoms with Crippen molar-refractivity contribution >= 4 is 43.5 Å². The van der Waals surface area contributed by atoms with Gasteiger partial charge in [-0.05, 0) is 76.2 Å². The molecule has 0 saturated carbocycles. The highest BCUT2D eigenvalue weighted by Gasteiger charge is 2.19. The Kier molecular flexibility index (Phi) is 8.79. The molecule has 3 aromatic heterocycles. The lowest BCUT2D eigenvalue weighted by molar-refractivity contribution is 1.18. The van der Waals surface area contributed by atoms with Crippen LogP contribution in [0.5, 0.6) is 0 Å². The molecular formula is C59H38N4. The fourth-order valence-corrected chi connectivity index (χ4v) is 9.10. The second-order valence-electron chi connectivity index (χ2n) is 16.0. The molecular weight excluding hydrogens is 765 g/mol. The number of hydrogen-bond acceptors (Lipinski definition) is 3. The third-order valence-electron chi connectivity index (χ3n) is 12.2. The minimum atomic E-state index is 0.699. The van der Waals surface area contributed by atoms with E-state index in [-0.39, 0.29) is 0 Å². The van der Waals surface area contributed by atoms with Gasteiger partial charge in [0.15, 0.2) is 5.82 Å². The Balaban J connectivity index is 0.959. The molecule has 0 N–H and O–H groups in total. The van der Waals surface area contributed by atoms with Crippen molar-refractivity contribution in [3.63, 3.8) is 0 Å². The van der Waals surface area contributed by atoms with Crippen molar-refractivity contribution in [2.75, 3.05) is 0 Å². The van der Waals surface area contributed by atoms with Gasteiger partial charge in [-0.3, -0.25) is 0 Å². The molecule has 0 spiro atoms. The predicted octanol–water partition coefficient (Wildman–Crippen LogP) is 15.3. The van der Waals surface area contributed by atoms with Crippen LogP contribution in [0.2, 0.25) is 0 Å². The van der Waals surface area contributed by atoms with Gasteiger partial charge in [0.1, 0.15) is 0 Å². The first kappa shape index (κ1) is 36.4. The average Bonchev–Trinajstić information content (AvgIpc) is 3.69. The second-order valence-corrected chi connectivity index (χ2v) is 16.0. The number of para-hydroxylation sites is 2. The molecule has 12 rings (SSSR count). The van der Waals surface area contributed by atoms with Crippen molar-refractivity contribution in [2.45, 2.75) is 0 Å². The molecule has 0 aliphatic carbocycles. The normalized spacial score (nSPS) is 11.5. The van der Waals surface area contributed by atoms with Crippen LogP contribution in [-0.4, -0.2) is 19.5 Å². The SMILES string of the molecule is c1ccc(-c2cc(-c3ccccc3)nc(-c3cccc(-c4ccc(-c5ccc6c7cc8c(cc7n(-c7ccccc7)c6c5)c(-c5ccccc5)nc5ccccc58)cc4)c3)n2)cc1. The molecule has 0 radical (unpaired) electrons. The highest BCUT2D eigenvalue weighted by atomic mass is 15.0. The maximum Gasteiger partial charge on any atom is 0.160 e. The Labute approximate surface area is 365 Å². The fraction of sp³-hybridized carbons (Fsp3) is 0. The van der Waals surface area contributed by atoms with E-state index >= 15 is 0 Å². The highest BCUT2D eigenvalue weighted by Crippen LogP contribution is 2.41. The summed E-state index contributed by atoms with van der Waals surface area (Å²) in [5, 5.41) is 5.92. The van der Waals surface area contributed by atoms with Gasteiger partial charge in [0.25, 0.3) is 0 Å². The van der Waals surface area contributed by atoms with Crippen LogP contribution < -0.4 is 0 Å². The molecule has 9 aromatic carbocycles. The Morgan fingerprint density at radius 1 is 0.270 bits per heavy atom. The summed E-state index contributed by atoms with van der Waals surface area (Å²) in [6, 6.07) is 81.6. The second kappa shape index (κ2) is 15.2. The molecule has 294 valence electrons. The van der Waals surface area contributed by atoms with Crippen molar-refractivity contribution in [3.05, 3.63) is 231 Å². The smallest absolute Gasteiger partial charge is 0.160 e. The maximum atomic E-state index is 5.25. The monoisotopic (exact) mass is 802 g/mol. The lowest BCUT2D eigenvalue weighted by Gasteiger charge is -2.12. The molecule has 0 aliphatic heterocycles. The van der Waals surface area contributed by atoms with Gasteiger partial charge >= 0.3 is 0 Å². The van der Waals surface area contributed by atoms with Gasteiger partial charge in [-0.15, -0.1) is 0 Å². The fourth-order valence-electron chi connectivity index (χ4n) is 9.10. The van der Waals surface area contributed by atoms with Gasteiger partial charge < -0.3 is 4.57 Å². The average molecular weight is 803 g/mol. The van der Waals surface area contributed by atoms with Crippen molar-refractivity contribution in [3.8, 4) is 73.1 Å². The summed E-state index contributed by atoms with van der Waals surface area (Å²) in [7, 11) is 0. The van der Waals surface area contributed by atoms with Gasteiger partial charge in [0.05, 0.1) is 33.6 Å². The van der Waals surface area contributed by atoms with Crippen LogP contribution >= 0.6 is 0 Å². The van der Waals surface area contributed by atoms with Crippen LogP contribution in [-0.2, 0) is 0 Å². The Hall–Kier alpha value is -8.47. The standard InChI is InChI=1S/C59H38N4/c1-5-16-41(17-6-1)54-38-55(42-18-7-2-8-19-42)62-59(61-54)46-23-15-22-44(34-46)39-28-30-40(31-29-39)45-32-33-49-51-36-50-48-26-13-14-27-53(48)60-58(43-20-9-3-10-21-43)52(50)37-57(51)63(56(49)35-45)47-24-11-4-12-25-47/h1-38H. The highest BCUT2D eigenvalue weighted by molar-refractivity contribution is 6.20. The zero-order valence-corrected chi connectivity index (χ0v) is 34.2. The van der Waals surface area contributed by atoms with Gasteiger partial charge in [0, 0.05) is 49.5 Å². The predicted molar refractivity (Wildman–Crippen MR) is 262 cm³/mol. The Morgan fingerprint density at radius 2 is 0.794 bits per heavy atom. The Bertz CT molecular complexity index is 3580. The van der Waals surface area contributed by atoms with E-state index in [4.69, 9.17) is 15.0 Å². The van der Waals surface area contributed by atoms with Crippen molar-refractivity contribution in [1.29, 1.82) is 0 Å². The lowest BCUT2D eigenvalue weighted by atomic mass is 9.97. The third-order valence-corrected chi connectivity index (χ3v) is 12.2. The molecule has 0 amide bonds. The number of nitrogens with zero attached hydrogens (tertiary/aromatic N) is 4. The summed E-state index contributed by atoms with van der Waals surface area (Å²) in [4.78, 5) is 15.4. The van der Waals surface area contributed by atoms with Crippen LogP contribution in [0.4, 0.5) is 0 Å². The molecule has 3 heterocycles. The van der Waals surface area contributed by atoms with Crippen LogP contribution in [0.15, 0.2) is 231 Å². The zero-order valence-electron chi connectivity index (χ0n) is 34.2. The van der Waals surface area contributed by atoms with Gasteiger partial charge in [-0.2, -0.15) is 0 Å². The maximum absolute atomic E-state index is 5.25. The van der Waals surface area contributed by atoms with Gasteiger partial charge in [-0.1, -0.05) is 182 Å². The van der Waals surface area contributed by atoms with Crippen LogP contribution in [0.1, 0.15) is 0 Å². The molecule has 12 aromatic rings. The van der Waals surface area contributed by atoms with E-state index in [1.54, 1.807) is 0 Å². The van der Waals surface area contributed by atoms with E-state index in [1.807, 2.05) is 36.4 Å². The summed E-state index contributed by atoms with van der Waals surface area (Å²) in [6.45, 7) is 0. The summed E-state index contributed by atoms with van der Waals surface area (Å²) < 4.78 is 2.41. The van der Waals surface area contributed by atoms with E-state index in [0.29, 0.717) is 5.82 Å². The molecule has 0 atom stereocenters. The van der Waals surface area contributed by atoms with Crippen molar-refractivity contribution in [2.24, 2.45) is 0 Å². The molecule has 0 bridgehead atoms. The molecule has 0 saturated heterocycles. The molecule has 4 nitrogen and oxygen atoms in total.